The molecule has 1 saturated heterocycles. The molecule has 30 heavy (non-hydrogen) atoms. The first-order valence-corrected chi connectivity index (χ1v) is 10.1. The summed E-state index contributed by atoms with van der Waals surface area (Å²) in [5.74, 6) is -0.428. The summed E-state index contributed by atoms with van der Waals surface area (Å²) in [5.41, 5.74) is 4.72. The summed E-state index contributed by atoms with van der Waals surface area (Å²) in [4.78, 5) is 39.9. The number of fused-ring (bicyclic) bond motifs is 1. The monoisotopic (exact) mass is 407 g/mol. The normalized spacial score (nSPS) is 14.8. The van der Waals surface area contributed by atoms with Crippen LogP contribution in [0.4, 0.5) is 5.69 Å². The maximum Gasteiger partial charge on any atom is 0.356 e. The molecule has 0 aliphatic carbocycles. The van der Waals surface area contributed by atoms with E-state index >= 15 is 0 Å². The number of ether oxygens (including phenoxy) is 1. The predicted molar refractivity (Wildman–Crippen MR) is 115 cm³/mol. The number of pyridine rings is 3. The number of esters is 1. The Bertz CT molecular complexity index is 1100. The fraction of sp³-hybridized carbons (Fsp3) is 0.364. The number of anilines is 1. The number of H-pyrrole nitrogens is 1. The lowest BCUT2D eigenvalue weighted by molar-refractivity contribution is 0.0594. The first-order valence-electron chi connectivity index (χ1n) is 10.1. The zero-order valence-electron chi connectivity index (χ0n) is 17.2. The zero-order chi connectivity index (χ0) is 21.1. The van der Waals surface area contributed by atoms with Crippen LogP contribution in [0.2, 0.25) is 0 Å². The lowest BCUT2D eigenvalue weighted by Gasteiger charge is -2.36. The number of aromatic amines is 1. The molecule has 0 spiro atoms. The van der Waals surface area contributed by atoms with E-state index in [4.69, 9.17) is 4.74 Å². The maximum absolute atomic E-state index is 12.1. The van der Waals surface area contributed by atoms with Gasteiger partial charge in [-0.05, 0) is 36.2 Å². The molecule has 0 radical (unpaired) electrons. The number of methoxy groups -OCH3 is 1. The summed E-state index contributed by atoms with van der Waals surface area (Å²) in [6.07, 6.45) is 4.30. The minimum Gasteiger partial charge on any atom is -0.464 e. The first kappa shape index (κ1) is 20.0. The van der Waals surface area contributed by atoms with Crippen molar-refractivity contribution in [3.8, 4) is 0 Å². The summed E-state index contributed by atoms with van der Waals surface area (Å²) in [7, 11) is 1.35. The van der Waals surface area contributed by atoms with Crippen molar-refractivity contribution >= 4 is 22.7 Å². The van der Waals surface area contributed by atoms with E-state index in [1.54, 1.807) is 12.3 Å². The van der Waals surface area contributed by atoms with Crippen LogP contribution in [0.1, 0.15) is 28.5 Å². The van der Waals surface area contributed by atoms with Crippen molar-refractivity contribution in [1.82, 2.24) is 19.9 Å². The second-order valence-electron chi connectivity index (χ2n) is 7.41. The molecule has 1 aliphatic rings. The van der Waals surface area contributed by atoms with Crippen LogP contribution in [0.25, 0.3) is 11.0 Å². The van der Waals surface area contributed by atoms with E-state index in [1.165, 1.54) is 7.11 Å². The molecule has 4 rings (SSSR count). The van der Waals surface area contributed by atoms with Crippen LogP contribution in [0, 0.1) is 0 Å². The standard InChI is InChI=1S/C22H25N5O3/c1-3-16-11-19-20(25-21(16)28)10-15(12-23-19)14-26-6-8-27(9-7-26)17-4-5-18(24-13-17)22(29)30-2/h4-5,10-13H,3,6-9,14H2,1-2H3,(H,25,28). The number of nitrogens with one attached hydrogen (secondary N) is 1. The molecule has 0 atom stereocenters. The van der Waals surface area contributed by atoms with Crippen molar-refractivity contribution in [2.24, 2.45) is 0 Å². The SMILES string of the molecule is CCc1cc2ncc(CN3CCN(c4ccc(C(=O)OC)nc4)CC3)cc2[nH]c1=O. The lowest BCUT2D eigenvalue weighted by Crippen LogP contribution is -2.46. The van der Waals surface area contributed by atoms with Crippen molar-refractivity contribution in [3.63, 3.8) is 0 Å². The molecule has 8 heteroatoms. The van der Waals surface area contributed by atoms with Crippen molar-refractivity contribution < 1.29 is 9.53 Å². The topological polar surface area (TPSA) is 91.4 Å². The van der Waals surface area contributed by atoms with Crippen LogP contribution in [-0.4, -0.2) is 59.1 Å². The van der Waals surface area contributed by atoms with E-state index in [-0.39, 0.29) is 5.56 Å². The quantitative estimate of drug-likeness (QED) is 0.647. The number of carbonyl (C=O) groups excluding carboxylic acids is 1. The van der Waals surface area contributed by atoms with E-state index in [0.717, 1.165) is 60.6 Å². The predicted octanol–water partition coefficient (Wildman–Crippen LogP) is 1.99. The molecule has 4 heterocycles. The Morgan fingerprint density at radius 3 is 2.60 bits per heavy atom. The largest absolute Gasteiger partial charge is 0.464 e. The number of aromatic nitrogens is 3. The average molecular weight is 407 g/mol. The summed E-state index contributed by atoms with van der Waals surface area (Å²) in [6, 6.07) is 7.49. The average Bonchev–Trinajstić information content (AvgIpc) is 2.78. The third-order valence-corrected chi connectivity index (χ3v) is 5.49. The van der Waals surface area contributed by atoms with Crippen LogP contribution in [-0.2, 0) is 17.7 Å². The molecule has 0 aromatic carbocycles. The zero-order valence-corrected chi connectivity index (χ0v) is 17.2. The van der Waals surface area contributed by atoms with E-state index in [1.807, 2.05) is 31.3 Å². The summed E-state index contributed by atoms with van der Waals surface area (Å²) in [6.45, 7) is 6.31. The van der Waals surface area contributed by atoms with E-state index in [2.05, 4.69) is 24.8 Å². The molecule has 8 nitrogen and oxygen atoms in total. The second kappa shape index (κ2) is 8.62. The number of hydrogen-bond acceptors (Lipinski definition) is 7. The van der Waals surface area contributed by atoms with Gasteiger partial charge < -0.3 is 14.6 Å². The Labute approximate surface area is 174 Å². The maximum atomic E-state index is 12.1. The molecular weight excluding hydrogens is 382 g/mol. The van der Waals surface area contributed by atoms with E-state index < -0.39 is 5.97 Å². The highest BCUT2D eigenvalue weighted by Gasteiger charge is 2.18. The number of rotatable bonds is 5. The number of aryl methyl sites for hydroxylation is 1. The molecule has 1 fully saturated rings. The van der Waals surface area contributed by atoms with Crippen molar-refractivity contribution in [3.05, 3.63) is 63.8 Å². The molecule has 0 amide bonds. The summed E-state index contributed by atoms with van der Waals surface area (Å²) >= 11 is 0. The highest BCUT2D eigenvalue weighted by Crippen LogP contribution is 2.18. The van der Waals surface area contributed by atoms with Gasteiger partial charge in [0.25, 0.3) is 5.56 Å². The molecule has 156 valence electrons. The number of piperazine rings is 1. The van der Waals surface area contributed by atoms with Gasteiger partial charge in [0, 0.05) is 44.5 Å². The van der Waals surface area contributed by atoms with Crippen LogP contribution in [0.3, 0.4) is 0 Å². The minimum absolute atomic E-state index is 0.0376. The molecular formula is C22H25N5O3. The highest BCUT2D eigenvalue weighted by molar-refractivity contribution is 5.87. The molecule has 1 N–H and O–H groups in total. The van der Waals surface area contributed by atoms with Crippen molar-refractivity contribution in [1.29, 1.82) is 0 Å². The first-order chi connectivity index (χ1) is 14.6. The Morgan fingerprint density at radius 1 is 1.13 bits per heavy atom. The Hall–Kier alpha value is -3.26. The summed E-state index contributed by atoms with van der Waals surface area (Å²) < 4.78 is 4.69. The molecule has 1 aliphatic heterocycles. The highest BCUT2D eigenvalue weighted by atomic mass is 16.5. The van der Waals surface area contributed by atoms with Gasteiger partial charge in [-0.3, -0.25) is 14.7 Å². The molecule has 3 aromatic heterocycles. The number of nitrogens with zero attached hydrogens (tertiary/aromatic N) is 4. The number of carbonyl (C=O) groups is 1. The fourth-order valence-electron chi connectivity index (χ4n) is 3.74. The van der Waals surface area contributed by atoms with Crippen molar-refractivity contribution in [2.75, 3.05) is 38.2 Å². The van der Waals surface area contributed by atoms with Gasteiger partial charge >= 0.3 is 5.97 Å². The van der Waals surface area contributed by atoms with E-state index in [9.17, 15) is 9.59 Å². The molecule has 3 aromatic rings. The van der Waals surface area contributed by atoms with Gasteiger partial charge in [-0.2, -0.15) is 0 Å². The van der Waals surface area contributed by atoms with Crippen LogP contribution < -0.4 is 10.5 Å². The minimum atomic E-state index is -0.428. The Morgan fingerprint density at radius 2 is 1.93 bits per heavy atom. The van der Waals surface area contributed by atoms with Gasteiger partial charge in [0.15, 0.2) is 0 Å². The summed E-state index contributed by atoms with van der Waals surface area (Å²) in [5, 5.41) is 0. The van der Waals surface area contributed by atoms with Gasteiger partial charge in [0.1, 0.15) is 5.69 Å². The van der Waals surface area contributed by atoms with Crippen LogP contribution >= 0.6 is 0 Å². The number of hydrogen-bond donors (Lipinski definition) is 1. The van der Waals surface area contributed by atoms with Crippen LogP contribution in [0.15, 0.2) is 41.5 Å². The third-order valence-electron chi connectivity index (χ3n) is 5.49. The van der Waals surface area contributed by atoms with Gasteiger partial charge in [0.2, 0.25) is 0 Å². The van der Waals surface area contributed by atoms with Gasteiger partial charge in [0.05, 0.1) is 30.0 Å². The third kappa shape index (κ3) is 4.18. The molecule has 0 unspecified atom stereocenters. The molecule has 0 saturated carbocycles. The smallest absolute Gasteiger partial charge is 0.356 e. The lowest BCUT2D eigenvalue weighted by atomic mass is 10.1. The van der Waals surface area contributed by atoms with Gasteiger partial charge in [-0.1, -0.05) is 6.92 Å². The van der Waals surface area contributed by atoms with Gasteiger partial charge in [-0.15, -0.1) is 0 Å². The fourth-order valence-corrected chi connectivity index (χ4v) is 3.74. The van der Waals surface area contributed by atoms with E-state index in [0.29, 0.717) is 12.1 Å². The Balaban J connectivity index is 1.38. The molecule has 0 bridgehead atoms. The van der Waals surface area contributed by atoms with Crippen molar-refractivity contribution in [2.45, 2.75) is 19.9 Å². The second-order valence-corrected chi connectivity index (χ2v) is 7.41. The Kier molecular flexibility index (Phi) is 5.76. The van der Waals surface area contributed by atoms with Gasteiger partial charge in [-0.25, -0.2) is 9.78 Å². The van der Waals surface area contributed by atoms with Crippen LogP contribution in [0.5, 0.6) is 0 Å².